The molecule has 0 radical (unpaired) electrons. The summed E-state index contributed by atoms with van der Waals surface area (Å²) < 4.78 is 19.9. The molecule has 3 saturated heterocycles. The van der Waals surface area contributed by atoms with Crippen molar-refractivity contribution >= 4 is 16.7 Å². The van der Waals surface area contributed by atoms with Crippen LogP contribution in [-0.2, 0) is 11.8 Å². The highest BCUT2D eigenvalue weighted by atomic mass is 16.5. The predicted octanol–water partition coefficient (Wildman–Crippen LogP) is 2.47. The molecule has 7 rings (SSSR count). The molecule has 1 saturated carbocycles. The lowest BCUT2D eigenvalue weighted by atomic mass is 9.95. The van der Waals surface area contributed by atoms with Crippen LogP contribution in [0.5, 0.6) is 11.8 Å². The van der Waals surface area contributed by atoms with Gasteiger partial charge in [0.25, 0.3) is 5.56 Å². The third-order valence-electron chi connectivity index (χ3n) is 6.87. The third kappa shape index (κ3) is 4.01. The quantitative estimate of drug-likeness (QED) is 0.587. The zero-order chi connectivity index (χ0) is 22.4. The molecule has 2 unspecified atom stereocenters. The minimum absolute atomic E-state index is 0.0494. The van der Waals surface area contributed by atoms with Gasteiger partial charge >= 0.3 is 6.01 Å². The average Bonchev–Trinajstić information content (AvgIpc) is 2.83. The van der Waals surface area contributed by atoms with Gasteiger partial charge in [-0.1, -0.05) is 0 Å². The number of benzene rings is 1. The van der Waals surface area contributed by atoms with E-state index in [9.17, 15) is 4.79 Å². The highest BCUT2D eigenvalue weighted by molar-refractivity contribution is 5.86. The fraction of sp³-hybridized carbons (Fsp3) is 0.500. The number of hydrogen-bond acceptors (Lipinski definition) is 8. The van der Waals surface area contributed by atoms with Crippen LogP contribution in [0.3, 0.4) is 0 Å². The van der Waals surface area contributed by atoms with E-state index in [0.717, 1.165) is 61.9 Å². The van der Waals surface area contributed by atoms with Crippen molar-refractivity contribution in [1.82, 2.24) is 19.5 Å². The molecule has 172 valence electrons. The van der Waals surface area contributed by atoms with Crippen molar-refractivity contribution in [2.45, 2.75) is 56.5 Å². The molecule has 0 amide bonds. The Hall–Kier alpha value is -3.20. The summed E-state index contributed by atoms with van der Waals surface area (Å²) in [4.78, 5) is 27.4. The lowest BCUT2D eigenvalue weighted by Gasteiger charge is -2.48. The van der Waals surface area contributed by atoms with E-state index in [1.807, 2.05) is 0 Å². The van der Waals surface area contributed by atoms with Crippen LogP contribution in [0.25, 0.3) is 11.0 Å². The zero-order valence-electron chi connectivity index (χ0n) is 18.6. The first-order chi connectivity index (χ1) is 16.1. The number of anilines is 1. The van der Waals surface area contributed by atoms with Crippen molar-refractivity contribution in [3.8, 4) is 11.8 Å². The summed E-state index contributed by atoms with van der Waals surface area (Å²) in [5.41, 5.74) is 2.43. The highest BCUT2D eigenvalue weighted by Gasteiger charge is 2.38. The number of fused-ring (bicyclic) bond motifs is 3. The number of aryl methyl sites for hydroxylation is 1. The van der Waals surface area contributed by atoms with E-state index in [0.29, 0.717) is 24.0 Å². The molecule has 2 bridgehead atoms. The molecule has 9 heteroatoms. The summed E-state index contributed by atoms with van der Waals surface area (Å²) >= 11 is 0. The Morgan fingerprint density at radius 3 is 2.33 bits per heavy atom. The van der Waals surface area contributed by atoms with Crippen molar-refractivity contribution in [2.24, 2.45) is 7.05 Å². The summed E-state index contributed by atoms with van der Waals surface area (Å²) in [5.74, 6) is 0.714. The monoisotopic (exact) mass is 449 g/mol. The van der Waals surface area contributed by atoms with Gasteiger partial charge in [-0.25, -0.2) is 15.0 Å². The van der Waals surface area contributed by atoms with Gasteiger partial charge in [-0.3, -0.25) is 4.79 Å². The molecule has 0 N–H and O–H groups in total. The van der Waals surface area contributed by atoms with Crippen LogP contribution in [0.15, 0.2) is 41.6 Å². The second-order valence-electron chi connectivity index (χ2n) is 9.15. The standard InChI is InChI=1S/C24H27N5O4/c1-28-22(30)12-27-20-9-15(29-13-18-11-19(14-29)31-18)10-21(23(20)28)32-16-3-5-17(6-4-16)33-24-25-7-2-8-26-24/h2,7-10,12,16-19H,3-6,11,13-14H2,1H3/t16-,17+,18?,19?. The van der Waals surface area contributed by atoms with Gasteiger partial charge in [0.05, 0.1) is 30.0 Å². The van der Waals surface area contributed by atoms with Gasteiger partial charge in [0.2, 0.25) is 0 Å². The number of aromatic nitrogens is 4. The third-order valence-corrected chi connectivity index (χ3v) is 6.87. The Morgan fingerprint density at radius 1 is 0.970 bits per heavy atom. The first-order valence-electron chi connectivity index (χ1n) is 11.6. The molecular weight excluding hydrogens is 422 g/mol. The maximum absolute atomic E-state index is 12.3. The highest BCUT2D eigenvalue weighted by Crippen LogP contribution is 2.37. The molecule has 9 nitrogen and oxygen atoms in total. The topological polar surface area (TPSA) is 91.6 Å². The number of rotatable bonds is 5. The molecular formula is C24H27N5O4. The van der Waals surface area contributed by atoms with Gasteiger partial charge < -0.3 is 23.7 Å². The van der Waals surface area contributed by atoms with Crippen molar-refractivity contribution in [1.29, 1.82) is 0 Å². The Kier molecular flexibility index (Phi) is 5.13. The molecule has 3 aliphatic heterocycles. The van der Waals surface area contributed by atoms with E-state index in [2.05, 4.69) is 32.0 Å². The maximum atomic E-state index is 12.3. The lowest BCUT2D eigenvalue weighted by Crippen LogP contribution is -2.57. The van der Waals surface area contributed by atoms with Crippen LogP contribution in [0.2, 0.25) is 0 Å². The average molecular weight is 450 g/mol. The van der Waals surface area contributed by atoms with Crippen LogP contribution in [0.1, 0.15) is 32.1 Å². The zero-order valence-corrected chi connectivity index (χ0v) is 18.6. The van der Waals surface area contributed by atoms with Gasteiger partial charge in [-0.05, 0) is 37.8 Å². The summed E-state index contributed by atoms with van der Waals surface area (Å²) in [6, 6.07) is 6.31. The van der Waals surface area contributed by atoms with Gasteiger partial charge in [0.15, 0.2) is 0 Å². The largest absolute Gasteiger partial charge is 0.488 e. The molecule has 4 fully saturated rings. The van der Waals surface area contributed by atoms with Crippen LogP contribution in [0.4, 0.5) is 5.69 Å². The Balaban J connectivity index is 1.23. The van der Waals surface area contributed by atoms with Crippen LogP contribution in [-0.4, -0.2) is 57.0 Å². The molecule has 2 aromatic heterocycles. The summed E-state index contributed by atoms with van der Waals surface area (Å²) in [6.07, 6.45) is 10.1. The van der Waals surface area contributed by atoms with Gasteiger partial charge in [-0.2, -0.15) is 0 Å². The Labute approximate surface area is 191 Å². The lowest BCUT2D eigenvalue weighted by molar-refractivity contribution is -0.133. The molecule has 0 spiro atoms. The summed E-state index contributed by atoms with van der Waals surface area (Å²) in [5, 5.41) is 0. The summed E-state index contributed by atoms with van der Waals surface area (Å²) in [7, 11) is 1.77. The van der Waals surface area contributed by atoms with E-state index in [4.69, 9.17) is 14.2 Å². The second kappa shape index (κ2) is 8.30. The van der Waals surface area contributed by atoms with E-state index in [-0.39, 0.29) is 17.8 Å². The minimum atomic E-state index is -0.146. The minimum Gasteiger partial charge on any atom is -0.488 e. The number of nitrogens with zero attached hydrogens (tertiary/aromatic N) is 5. The molecule has 4 aliphatic rings. The number of morpholine rings is 1. The predicted molar refractivity (Wildman–Crippen MR) is 122 cm³/mol. The first kappa shape index (κ1) is 20.4. The van der Waals surface area contributed by atoms with E-state index in [1.165, 1.54) is 6.20 Å². The summed E-state index contributed by atoms with van der Waals surface area (Å²) in [6.45, 7) is 1.74. The number of piperidine rings is 1. The molecule has 1 aliphatic carbocycles. The molecule has 2 atom stereocenters. The van der Waals surface area contributed by atoms with Gasteiger partial charge in [0.1, 0.15) is 17.4 Å². The van der Waals surface area contributed by atoms with Crippen molar-refractivity contribution < 1.29 is 14.2 Å². The Bertz CT molecular complexity index is 1190. The van der Waals surface area contributed by atoms with E-state index in [1.54, 1.807) is 30.1 Å². The number of ether oxygens (including phenoxy) is 3. The van der Waals surface area contributed by atoms with Crippen LogP contribution < -0.4 is 19.9 Å². The van der Waals surface area contributed by atoms with Gasteiger partial charge in [-0.15, -0.1) is 0 Å². The van der Waals surface area contributed by atoms with Crippen LogP contribution in [0, 0.1) is 0 Å². The molecule has 1 aromatic carbocycles. The fourth-order valence-electron chi connectivity index (χ4n) is 5.12. The van der Waals surface area contributed by atoms with E-state index >= 15 is 0 Å². The number of hydrogen-bond donors (Lipinski definition) is 0. The fourth-order valence-corrected chi connectivity index (χ4v) is 5.12. The SMILES string of the molecule is Cn1c(=O)cnc2cc(N3CC4CC(C3)O4)cc(O[C@H]3CC[C@@H](Oc4ncccn4)CC3)c21. The Morgan fingerprint density at radius 2 is 1.64 bits per heavy atom. The van der Waals surface area contributed by atoms with Crippen molar-refractivity contribution in [2.75, 3.05) is 18.0 Å². The normalized spacial score (nSPS) is 26.6. The first-order valence-corrected chi connectivity index (χ1v) is 11.6. The van der Waals surface area contributed by atoms with Gasteiger partial charge in [0, 0.05) is 50.7 Å². The molecule has 3 aromatic rings. The van der Waals surface area contributed by atoms with E-state index < -0.39 is 0 Å². The van der Waals surface area contributed by atoms with Crippen LogP contribution >= 0.6 is 0 Å². The maximum Gasteiger partial charge on any atom is 0.316 e. The molecule has 33 heavy (non-hydrogen) atoms. The smallest absolute Gasteiger partial charge is 0.316 e. The molecule has 5 heterocycles. The van der Waals surface area contributed by atoms with Crippen molar-refractivity contribution in [3.63, 3.8) is 0 Å². The van der Waals surface area contributed by atoms with Crippen molar-refractivity contribution in [3.05, 3.63) is 47.1 Å². The second-order valence-corrected chi connectivity index (χ2v) is 9.15.